The molecule has 1 N–H and O–H groups in total. The van der Waals surface area contributed by atoms with Gasteiger partial charge in [-0.25, -0.2) is 0 Å². The van der Waals surface area contributed by atoms with Gasteiger partial charge >= 0.3 is 0 Å². The average Bonchev–Trinajstić information content (AvgIpc) is 2.67. The summed E-state index contributed by atoms with van der Waals surface area (Å²) in [5, 5.41) is 5.15. The molecule has 146 valence electrons. The lowest BCUT2D eigenvalue weighted by Crippen LogP contribution is -2.32. The van der Waals surface area contributed by atoms with Crippen LogP contribution in [0.4, 0.5) is 5.69 Å². The normalized spacial score (nSPS) is 11.6. The summed E-state index contributed by atoms with van der Waals surface area (Å²) < 4.78 is 5.97. The summed E-state index contributed by atoms with van der Waals surface area (Å²) in [5.41, 5.74) is 1.46. The van der Waals surface area contributed by atoms with Gasteiger partial charge in [-0.15, -0.1) is 0 Å². The first kappa shape index (κ1) is 19.9. The van der Waals surface area contributed by atoms with Crippen molar-refractivity contribution in [2.45, 2.75) is 34.1 Å². The third kappa shape index (κ3) is 4.72. The van der Waals surface area contributed by atoms with Crippen LogP contribution in [0.15, 0.2) is 66.7 Å². The van der Waals surface area contributed by atoms with E-state index in [2.05, 4.69) is 31.3 Å². The zero-order chi connectivity index (χ0) is 20.1. The predicted octanol–water partition coefficient (Wildman–Crippen LogP) is 6.08. The predicted molar refractivity (Wildman–Crippen MR) is 117 cm³/mol. The van der Waals surface area contributed by atoms with E-state index in [0.29, 0.717) is 18.9 Å². The zero-order valence-electron chi connectivity index (χ0n) is 17.2. The Kier molecular flexibility index (Phi) is 6.03. The lowest BCUT2D eigenvalue weighted by Gasteiger charge is -2.24. The number of carbonyl (C=O) groups is 1. The molecule has 0 radical (unpaired) electrons. The summed E-state index contributed by atoms with van der Waals surface area (Å²) in [6.45, 7) is 8.90. The average molecular weight is 376 g/mol. The molecule has 0 saturated carbocycles. The third-order valence-corrected chi connectivity index (χ3v) is 4.81. The highest BCUT2D eigenvalue weighted by Crippen LogP contribution is 2.33. The van der Waals surface area contributed by atoms with E-state index in [9.17, 15) is 4.79 Å². The number of rotatable bonds is 7. The molecule has 3 aromatic rings. The molecule has 0 aliphatic heterocycles. The summed E-state index contributed by atoms with van der Waals surface area (Å²) in [4.78, 5) is 13.0. The number of carbonyl (C=O) groups excluding carboxylic acids is 1. The van der Waals surface area contributed by atoms with Gasteiger partial charge in [0, 0.05) is 21.9 Å². The van der Waals surface area contributed by atoms with Gasteiger partial charge in [0.05, 0.1) is 6.61 Å². The van der Waals surface area contributed by atoms with Gasteiger partial charge in [-0.2, -0.15) is 0 Å². The number of amides is 1. The molecule has 0 spiro atoms. The summed E-state index contributed by atoms with van der Waals surface area (Å²) in [6, 6.07) is 22.1. The molecular formula is C25H29NO2. The maximum absolute atomic E-state index is 13.0. The molecular weight excluding hydrogens is 346 g/mol. The molecule has 0 unspecified atom stereocenters. The number of nitrogens with one attached hydrogen (secondary N) is 1. The van der Waals surface area contributed by atoms with Crippen LogP contribution in [0.2, 0.25) is 0 Å². The van der Waals surface area contributed by atoms with Crippen molar-refractivity contribution < 1.29 is 9.53 Å². The third-order valence-electron chi connectivity index (χ3n) is 4.81. The Morgan fingerprint density at radius 1 is 0.929 bits per heavy atom. The SMILES string of the molecule is CC(C)COc1ccc(NC(=O)C(C)(C)Cc2ccccc2)c2ccccc12. The van der Waals surface area contributed by atoms with Crippen molar-refractivity contribution in [3.05, 3.63) is 72.3 Å². The van der Waals surface area contributed by atoms with E-state index < -0.39 is 5.41 Å². The second-order valence-corrected chi connectivity index (χ2v) is 8.36. The maximum Gasteiger partial charge on any atom is 0.230 e. The summed E-state index contributed by atoms with van der Waals surface area (Å²) in [6.07, 6.45) is 0.688. The number of hydrogen-bond acceptors (Lipinski definition) is 2. The number of fused-ring (bicyclic) bond motifs is 1. The van der Waals surface area contributed by atoms with Crippen molar-refractivity contribution in [2.24, 2.45) is 11.3 Å². The number of ether oxygens (including phenoxy) is 1. The van der Waals surface area contributed by atoms with Crippen LogP contribution >= 0.6 is 0 Å². The molecule has 3 aromatic carbocycles. The topological polar surface area (TPSA) is 38.3 Å². The van der Waals surface area contributed by atoms with Crippen LogP contribution in [-0.4, -0.2) is 12.5 Å². The van der Waals surface area contributed by atoms with Crippen LogP contribution in [0, 0.1) is 11.3 Å². The summed E-state index contributed by atoms with van der Waals surface area (Å²) in [5.74, 6) is 1.32. The molecule has 0 heterocycles. The summed E-state index contributed by atoms with van der Waals surface area (Å²) in [7, 11) is 0. The molecule has 0 atom stereocenters. The standard InChI is InChI=1S/C25H29NO2/c1-18(2)17-28-23-15-14-22(20-12-8-9-13-21(20)23)26-24(27)25(3,4)16-19-10-6-5-7-11-19/h5-15,18H,16-17H2,1-4H3,(H,26,27). The first-order chi connectivity index (χ1) is 13.4. The zero-order valence-corrected chi connectivity index (χ0v) is 17.2. The molecule has 0 fully saturated rings. The molecule has 1 amide bonds. The minimum atomic E-state index is -0.519. The number of anilines is 1. The van der Waals surface area contributed by atoms with Crippen molar-refractivity contribution in [3.8, 4) is 5.75 Å². The molecule has 3 heteroatoms. The van der Waals surface area contributed by atoms with Crippen molar-refractivity contribution in [1.29, 1.82) is 0 Å². The van der Waals surface area contributed by atoms with Crippen LogP contribution in [0.1, 0.15) is 33.3 Å². The van der Waals surface area contributed by atoms with Gasteiger partial charge in [-0.1, -0.05) is 82.3 Å². The summed E-state index contributed by atoms with van der Waals surface area (Å²) >= 11 is 0. The molecule has 0 saturated heterocycles. The first-order valence-corrected chi connectivity index (χ1v) is 9.87. The van der Waals surface area contributed by atoms with E-state index in [0.717, 1.165) is 27.8 Å². The highest BCUT2D eigenvalue weighted by atomic mass is 16.5. The van der Waals surface area contributed by atoms with Gasteiger partial charge in [-0.3, -0.25) is 4.79 Å². The molecule has 0 aromatic heterocycles. The maximum atomic E-state index is 13.0. The highest BCUT2D eigenvalue weighted by Gasteiger charge is 2.28. The fourth-order valence-corrected chi connectivity index (χ4v) is 3.24. The Morgan fingerprint density at radius 3 is 2.25 bits per heavy atom. The van der Waals surface area contributed by atoms with Crippen molar-refractivity contribution in [3.63, 3.8) is 0 Å². The Labute approximate surface area is 167 Å². The van der Waals surface area contributed by atoms with Crippen molar-refractivity contribution >= 4 is 22.4 Å². The van der Waals surface area contributed by atoms with Crippen LogP contribution < -0.4 is 10.1 Å². The fourth-order valence-electron chi connectivity index (χ4n) is 3.24. The van der Waals surface area contributed by atoms with Crippen molar-refractivity contribution in [2.75, 3.05) is 11.9 Å². The largest absolute Gasteiger partial charge is 0.493 e. The molecule has 3 rings (SSSR count). The second kappa shape index (κ2) is 8.47. The second-order valence-electron chi connectivity index (χ2n) is 8.36. The van der Waals surface area contributed by atoms with E-state index in [4.69, 9.17) is 4.74 Å². The van der Waals surface area contributed by atoms with Crippen LogP contribution in [0.3, 0.4) is 0 Å². The fraction of sp³-hybridized carbons (Fsp3) is 0.320. The van der Waals surface area contributed by atoms with Gasteiger partial charge in [0.1, 0.15) is 5.75 Å². The smallest absolute Gasteiger partial charge is 0.230 e. The highest BCUT2D eigenvalue weighted by molar-refractivity contribution is 6.05. The Bertz CT molecular complexity index is 945. The van der Waals surface area contributed by atoms with Crippen LogP contribution in [0.5, 0.6) is 5.75 Å². The van der Waals surface area contributed by atoms with Crippen LogP contribution in [-0.2, 0) is 11.2 Å². The molecule has 0 bridgehead atoms. The van der Waals surface area contributed by atoms with Crippen molar-refractivity contribution in [1.82, 2.24) is 0 Å². The lowest BCUT2D eigenvalue weighted by atomic mass is 9.84. The van der Waals surface area contributed by atoms with Gasteiger partial charge < -0.3 is 10.1 Å². The molecule has 0 aliphatic rings. The van der Waals surface area contributed by atoms with E-state index in [1.807, 2.05) is 68.4 Å². The Morgan fingerprint density at radius 2 is 1.57 bits per heavy atom. The quantitative estimate of drug-likeness (QED) is 0.543. The van der Waals surface area contributed by atoms with Gasteiger partial charge in [0.15, 0.2) is 0 Å². The van der Waals surface area contributed by atoms with Gasteiger partial charge in [-0.05, 0) is 30.0 Å². The van der Waals surface area contributed by atoms with E-state index >= 15 is 0 Å². The minimum Gasteiger partial charge on any atom is -0.493 e. The molecule has 0 aliphatic carbocycles. The lowest BCUT2D eigenvalue weighted by molar-refractivity contribution is -0.123. The molecule has 3 nitrogen and oxygen atoms in total. The van der Waals surface area contributed by atoms with E-state index in [-0.39, 0.29) is 5.91 Å². The number of benzene rings is 3. The molecule has 28 heavy (non-hydrogen) atoms. The monoisotopic (exact) mass is 375 g/mol. The minimum absolute atomic E-state index is 0.0114. The Balaban J connectivity index is 1.83. The van der Waals surface area contributed by atoms with E-state index in [1.54, 1.807) is 0 Å². The van der Waals surface area contributed by atoms with Crippen LogP contribution in [0.25, 0.3) is 10.8 Å². The van der Waals surface area contributed by atoms with E-state index in [1.165, 1.54) is 0 Å². The Hall–Kier alpha value is -2.81. The van der Waals surface area contributed by atoms with Gasteiger partial charge in [0.25, 0.3) is 0 Å². The van der Waals surface area contributed by atoms with Gasteiger partial charge in [0.2, 0.25) is 5.91 Å². The number of hydrogen-bond donors (Lipinski definition) is 1. The first-order valence-electron chi connectivity index (χ1n) is 9.87.